The van der Waals surface area contributed by atoms with E-state index in [1.165, 1.54) is 24.2 Å². The van der Waals surface area contributed by atoms with Crippen molar-refractivity contribution in [3.05, 3.63) is 45.9 Å². The number of carboxylic acid groups (broad SMARTS) is 1. The number of aliphatic carboxylic acids is 1. The van der Waals surface area contributed by atoms with Gasteiger partial charge < -0.3 is 10.4 Å². The normalized spacial score (nSPS) is 16.6. The van der Waals surface area contributed by atoms with E-state index in [9.17, 15) is 14.7 Å². The zero-order valence-electron chi connectivity index (χ0n) is 15.9. The highest BCUT2D eigenvalue weighted by molar-refractivity contribution is 7.14. The van der Waals surface area contributed by atoms with E-state index in [4.69, 9.17) is 11.6 Å². The number of benzene rings is 1. The molecule has 1 fully saturated rings. The average molecular weight is 421 g/mol. The van der Waals surface area contributed by atoms with Crippen molar-refractivity contribution >= 4 is 39.9 Å². The topological polar surface area (TPSA) is 79.3 Å². The van der Waals surface area contributed by atoms with Crippen LogP contribution in [0.2, 0.25) is 5.02 Å². The van der Waals surface area contributed by atoms with Gasteiger partial charge in [-0.25, -0.2) is 4.98 Å². The summed E-state index contributed by atoms with van der Waals surface area (Å²) in [6.45, 7) is 1.81. The number of aromatic nitrogens is 1. The number of nitrogens with zero attached hydrogens (tertiary/aromatic N) is 1. The summed E-state index contributed by atoms with van der Waals surface area (Å²) in [6, 6.07) is 7.47. The highest BCUT2D eigenvalue weighted by atomic mass is 35.5. The molecule has 2 N–H and O–H groups in total. The Bertz CT molecular complexity index is 833. The summed E-state index contributed by atoms with van der Waals surface area (Å²) < 4.78 is 0. The molecule has 7 heteroatoms. The first-order chi connectivity index (χ1) is 13.5. The van der Waals surface area contributed by atoms with Crippen LogP contribution in [-0.2, 0) is 9.59 Å². The second-order valence-corrected chi connectivity index (χ2v) is 8.65. The smallest absolute Gasteiger partial charge is 0.312 e. The summed E-state index contributed by atoms with van der Waals surface area (Å²) in [5.74, 6) is -1.42. The van der Waals surface area contributed by atoms with Gasteiger partial charge in [-0.1, -0.05) is 56.3 Å². The second kappa shape index (κ2) is 9.52. The predicted molar refractivity (Wildman–Crippen MR) is 112 cm³/mol. The molecule has 0 radical (unpaired) electrons. The fourth-order valence-corrected chi connectivity index (χ4v) is 4.87. The number of anilines is 1. The van der Waals surface area contributed by atoms with Gasteiger partial charge >= 0.3 is 5.97 Å². The minimum Gasteiger partial charge on any atom is -0.481 e. The highest BCUT2D eigenvalue weighted by Gasteiger charge is 2.28. The molecule has 0 aliphatic heterocycles. The van der Waals surface area contributed by atoms with Gasteiger partial charge in [0, 0.05) is 10.4 Å². The van der Waals surface area contributed by atoms with Crippen LogP contribution in [-0.4, -0.2) is 22.0 Å². The molecule has 0 saturated heterocycles. The first-order valence-electron chi connectivity index (χ1n) is 9.72. The van der Waals surface area contributed by atoms with E-state index >= 15 is 0 Å². The molecule has 2 atom stereocenters. The number of carbonyl (C=O) groups excluding carboxylic acids is 1. The Hall–Kier alpha value is -1.92. The van der Waals surface area contributed by atoms with Crippen molar-refractivity contribution in [1.82, 2.24) is 4.98 Å². The fraction of sp³-hybridized carbons (Fsp3) is 0.476. The van der Waals surface area contributed by atoms with Crippen LogP contribution in [0.25, 0.3) is 0 Å². The molecule has 1 heterocycles. The van der Waals surface area contributed by atoms with Crippen LogP contribution < -0.4 is 5.32 Å². The number of hydrogen-bond acceptors (Lipinski definition) is 4. The number of rotatable bonds is 8. The van der Waals surface area contributed by atoms with Gasteiger partial charge in [0.25, 0.3) is 0 Å². The zero-order chi connectivity index (χ0) is 20.1. The summed E-state index contributed by atoms with van der Waals surface area (Å²) in [4.78, 5) is 28.8. The summed E-state index contributed by atoms with van der Waals surface area (Å²) in [6.07, 6.45) is 6.00. The molecule has 1 aromatic carbocycles. The Morgan fingerprint density at radius 1 is 1.32 bits per heavy atom. The molecule has 1 aliphatic carbocycles. The van der Waals surface area contributed by atoms with Gasteiger partial charge in [0.2, 0.25) is 5.91 Å². The molecule has 2 aromatic rings. The molecule has 1 amide bonds. The molecular formula is C21H25ClN2O3S. The maximum absolute atomic E-state index is 13.1. The molecule has 28 heavy (non-hydrogen) atoms. The second-order valence-electron chi connectivity index (χ2n) is 7.36. The van der Waals surface area contributed by atoms with E-state index < -0.39 is 11.9 Å². The number of halogens is 1. The monoisotopic (exact) mass is 420 g/mol. The Labute approximate surface area is 174 Å². The molecular weight excluding hydrogens is 396 g/mol. The van der Waals surface area contributed by atoms with Crippen LogP contribution in [0.4, 0.5) is 5.13 Å². The van der Waals surface area contributed by atoms with Gasteiger partial charge in [-0.3, -0.25) is 9.59 Å². The van der Waals surface area contributed by atoms with E-state index in [0.717, 1.165) is 24.8 Å². The lowest BCUT2D eigenvalue weighted by atomic mass is 9.87. The van der Waals surface area contributed by atoms with Crippen LogP contribution in [0.1, 0.15) is 68.5 Å². The van der Waals surface area contributed by atoms with Crippen molar-refractivity contribution in [3.8, 4) is 0 Å². The standard InChI is InChI=1S/C21H25ClN2O3S/c1-2-16(20(26)27)18-12-28-21(23-18)24-19(25)17(10-13-6-3-4-7-13)14-8-5-9-15(22)11-14/h5,8-9,11-13,16-17H,2-4,6-7,10H2,1H3,(H,26,27)(H,23,24,25). The molecule has 3 rings (SSSR count). The van der Waals surface area contributed by atoms with Crippen LogP contribution in [0.3, 0.4) is 0 Å². The van der Waals surface area contributed by atoms with Gasteiger partial charge in [-0.2, -0.15) is 0 Å². The Morgan fingerprint density at radius 2 is 2.07 bits per heavy atom. The van der Waals surface area contributed by atoms with Gasteiger partial charge in [-0.15, -0.1) is 11.3 Å². The number of thiazole rings is 1. The quantitative estimate of drug-likeness (QED) is 0.575. The van der Waals surface area contributed by atoms with E-state index in [1.54, 1.807) is 11.4 Å². The van der Waals surface area contributed by atoms with Crippen molar-refractivity contribution in [2.75, 3.05) is 5.32 Å². The summed E-state index contributed by atoms with van der Waals surface area (Å²) in [7, 11) is 0. The number of carbonyl (C=O) groups is 2. The average Bonchev–Trinajstić information content (AvgIpc) is 3.32. The van der Waals surface area contributed by atoms with E-state index in [2.05, 4.69) is 10.3 Å². The molecule has 0 spiro atoms. The molecule has 5 nitrogen and oxygen atoms in total. The zero-order valence-corrected chi connectivity index (χ0v) is 17.4. The van der Waals surface area contributed by atoms with E-state index in [0.29, 0.717) is 28.2 Å². The van der Waals surface area contributed by atoms with E-state index in [1.807, 2.05) is 25.1 Å². The minimum absolute atomic E-state index is 0.113. The van der Waals surface area contributed by atoms with Crippen molar-refractivity contribution < 1.29 is 14.7 Å². The van der Waals surface area contributed by atoms with Crippen LogP contribution in [0.15, 0.2) is 29.6 Å². The van der Waals surface area contributed by atoms with Crippen LogP contribution >= 0.6 is 22.9 Å². The van der Waals surface area contributed by atoms with Gasteiger partial charge in [-0.05, 0) is 36.5 Å². The van der Waals surface area contributed by atoms with Crippen molar-refractivity contribution in [2.45, 2.75) is 57.3 Å². The van der Waals surface area contributed by atoms with Gasteiger partial charge in [0.15, 0.2) is 5.13 Å². The molecule has 2 unspecified atom stereocenters. The number of amides is 1. The van der Waals surface area contributed by atoms with Gasteiger partial charge in [0.1, 0.15) is 0 Å². The Kier molecular flexibility index (Phi) is 7.08. The van der Waals surface area contributed by atoms with Crippen molar-refractivity contribution in [3.63, 3.8) is 0 Å². The van der Waals surface area contributed by atoms with Crippen molar-refractivity contribution in [1.29, 1.82) is 0 Å². The lowest BCUT2D eigenvalue weighted by Gasteiger charge is -2.20. The lowest BCUT2D eigenvalue weighted by Crippen LogP contribution is -2.23. The maximum Gasteiger partial charge on any atom is 0.312 e. The SMILES string of the molecule is CCC(C(=O)O)c1csc(NC(=O)C(CC2CCCC2)c2cccc(Cl)c2)n1. The number of hydrogen-bond donors (Lipinski definition) is 2. The fourth-order valence-electron chi connectivity index (χ4n) is 3.90. The molecule has 1 saturated carbocycles. The molecule has 1 aliphatic rings. The van der Waals surface area contributed by atoms with Crippen molar-refractivity contribution in [2.24, 2.45) is 5.92 Å². The molecule has 0 bridgehead atoms. The lowest BCUT2D eigenvalue weighted by molar-refractivity contribution is -0.138. The first kappa shape index (κ1) is 20.8. The summed E-state index contributed by atoms with van der Waals surface area (Å²) in [5, 5.41) is 15.0. The summed E-state index contributed by atoms with van der Waals surface area (Å²) >= 11 is 7.42. The largest absolute Gasteiger partial charge is 0.481 e. The number of nitrogens with one attached hydrogen (secondary N) is 1. The van der Waals surface area contributed by atoms with Crippen LogP contribution in [0.5, 0.6) is 0 Å². The van der Waals surface area contributed by atoms with Gasteiger partial charge in [0.05, 0.1) is 17.5 Å². The Morgan fingerprint density at radius 3 is 2.71 bits per heavy atom. The molecule has 1 aromatic heterocycles. The third-order valence-corrected chi connectivity index (χ3v) is 6.44. The first-order valence-corrected chi connectivity index (χ1v) is 11.0. The Balaban J connectivity index is 1.77. The molecule has 150 valence electrons. The maximum atomic E-state index is 13.1. The third-order valence-electron chi connectivity index (χ3n) is 5.43. The number of carboxylic acids is 1. The minimum atomic E-state index is -0.899. The predicted octanol–water partition coefficient (Wildman–Crippen LogP) is 5.68. The highest BCUT2D eigenvalue weighted by Crippen LogP contribution is 2.36. The summed E-state index contributed by atoms with van der Waals surface area (Å²) in [5.41, 5.74) is 1.40. The van der Waals surface area contributed by atoms with E-state index in [-0.39, 0.29) is 11.8 Å². The van der Waals surface area contributed by atoms with Crippen LogP contribution in [0, 0.1) is 5.92 Å². The third kappa shape index (κ3) is 5.11.